The number of halogens is 1. The van der Waals surface area contributed by atoms with Crippen molar-refractivity contribution in [1.29, 1.82) is 0 Å². The number of nitrogens with zero attached hydrogens (tertiary/aromatic N) is 6. The lowest BCUT2D eigenvalue weighted by Gasteiger charge is -2.30. The van der Waals surface area contributed by atoms with Crippen LogP contribution >= 0.6 is 11.6 Å². The van der Waals surface area contributed by atoms with Crippen molar-refractivity contribution >= 4 is 29.9 Å². The number of benzene rings is 2. The number of carbonyl (C=O) groups excluding carboxylic acids is 2. The van der Waals surface area contributed by atoms with Gasteiger partial charge < -0.3 is 30.2 Å². The van der Waals surface area contributed by atoms with Crippen LogP contribution in [0.25, 0.3) is 22.5 Å². The maximum Gasteiger partial charge on any atom is 0.407 e. The number of aliphatic imine (C=N–C) groups is 1. The minimum absolute atomic E-state index is 0.0705. The summed E-state index contributed by atoms with van der Waals surface area (Å²) in [5, 5.41) is 14.4. The molecule has 2 atom stereocenters. The molecule has 0 aliphatic carbocycles. The first kappa shape index (κ1) is 31.7. The van der Waals surface area contributed by atoms with Crippen LogP contribution in [0.5, 0.6) is 0 Å². The molecule has 3 heterocycles. The Morgan fingerprint density at radius 2 is 1.98 bits per heavy atom. The number of carbonyl (C=O) groups is 2. The number of amides is 1. The van der Waals surface area contributed by atoms with E-state index >= 15 is 0 Å². The van der Waals surface area contributed by atoms with Crippen LogP contribution in [0.15, 0.2) is 66.2 Å². The summed E-state index contributed by atoms with van der Waals surface area (Å²) in [5.41, 5.74) is 9.92. The summed E-state index contributed by atoms with van der Waals surface area (Å²) in [4.78, 5) is 35.2. The molecule has 0 saturated carbocycles. The molecular formula is C31H36ClN9O4. The molecule has 236 valence electrons. The Kier molecular flexibility index (Phi) is 9.49. The molecule has 0 radical (unpaired) electrons. The summed E-state index contributed by atoms with van der Waals surface area (Å²) in [6, 6.07) is 11.7. The molecule has 4 N–H and O–H groups in total. The van der Waals surface area contributed by atoms with Crippen molar-refractivity contribution in [1.82, 2.24) is 35.2 Å². The number of likely N-dealkylation sites (N-methyl/N-ethyl adjacent to an activating group) is 1. The second-order valence-corrected chi connectivity index (χ2v) is 12.2. The molecule has 14 heteroatoms. The first-order valence-corrected chi connectivity index (χ1v) is 14.7. The first-order valence-electron chi connectivity index (χ1n) is 14.4. The molecule has 2 unspecified atom stereocenters. The summed E-state index contributed by atoms with van der Waals surface area (Å²) in [7, 11) is 1.72. The van der Waals surface area contributed by atoms with Gasteiger partial charge in [0.2, 0.25) is 0 Å². The van der Waals surface area contributed by atoms with E-state index in [2.05, 4.69) is 30.6 Å². The smallest absolute Gasteiger partial charge is 0.407 e. The summed E-state index contributed by atoms with van der Waals surface area (Å²) in [6.07, 6.45) is 5.33. The van der Waals surface area contributed by atoms with Gasteiger partial charge in [0.15, 0.2) is 11.8 Å². The first-order chi connectivity index (χ1) is 21.5. The predicted octanol–water partition coefficient (Wildman–Crippen LogP) is 4.31. The van der Waals surface area contributed by atoms with Crippen LogP contribution in [-0.2, 0) is 14.3 Å². The van der Waals surface area contributed by atoms with Crippen LogP contribution in [0.4, 0.5) is 4.79 Å². The Hall–Kier alpha value is -4.75. The van der Waals surface area contributed by atoms with Gasteiger partial charge in [0.1, 0.15) is 25.3 Å². The molecule has 1 aliphatic heterocycles. The zero-order valence-electron chi connectivity index (χ0n) is 25.5. The van der Waals surface area contributed by atoms with Crippen molar-refractivity contribution in [3.05, 3.63) is 77.3 Å². The Bertz CT molecular complexity index is 1640. The number of aromatic nitrogens is 5. The van der Waals surface area contributed by atoms with Crippen molar-refractivity contribution in [3.8, 4) is 22.5 Å². The second-order valence-electron chi connectivity index (χ2n) is 11.8. The highest BCUT2D eigenvalue weighted by molar-refractivity contribution is 6.33. The second kappa shape index (κ2) is 13.5. The van der Waals surface area contributed by atoms with Crippen molar-refractivity contribution < 1.29 is 19.1 Å². The van der Waals surface area contributed by atoms with Crippen molar-refractivity contribution in [3.63, 3.8) is 0 Å². The number of aldehydes is 1. The molecule has 1 amide bonds. The largest absolute Gasteiger partial charge is 0.447 e. The lowest BCUT2D eigenvalue weighted by atomic mass is 10.0. The predicted molar refractivity (Wildman–Crippen MR) is 170 cm³/mol. The topological polar surface area (TPSA) is 166 Å². The molecule has 4 aromatic rings. The van der Waals surface area contributed by atoms with E-state index in [1.807, 2.05) is 68.2 Å². The minimum Gasteiger partial charge on any atom is -0.447 e. The summed E-state index contributed by atoms with van der Waals surface area (Å²) >= 11 is 6.47. The molecule has 5 rings (SSSR count). The third-order valence-electron chi connectivity index (χ3n) is 7.31. The lowest BCUT2D eigenvalue weighted by Crippen LogP contribution is -2.43. The molecular weight excluding hydrogens is 598 g/mol. The van der Waals surface area contributed by atoms with Gasteiger partial charge in [-0.25, -0.2) is 14.8 Å². The average molecular weight is 634 g/mol. The SMILES string of the molecule is CN(C(N)=NC(C=O)c1ccc(-c2cnn(C3COC3)c2)cc1)C(COC(=O)NC(C)(C)C)c1ccc(Cl)c(-c2ncn[nH]2)c1. The van der Waals surface area contributed by atoms with Crippen molar-refractivity contribution in [2.24, 2.45) is 10.7 Å². The molecule has 1 aliphatic rings. The third-order valence-corrected chi connectivity index (χ3v) is 7.64. The van der Waals surface area contributed by atoms with E-state index in [-0.39, 0.29) is 18.6 Å². The van der Waals surface area contributed by atoms with Gasteiger partial charge in [0, 0.05) is 29.9 Å². The van der Waals surface area contributed by atoms with Gasteiger partial charge >= 0.3 is 6.09 Å². The molecule has 1 fully saturated rings. The number of guanidine groups is 1. The van der Waals surface area contributed by atoms with Gasteiger partial charge in [-0.15, -0.1) is 0 Å². The molecule has 2 aromatic carbocycles. The van der Waals surface area contributed by atoms with Gasteiger partial charge in [-0.2, -0.15) is 10.2 Å². The minimum atomic E-state index is -0.864. The average Bonchev–Trinajstić information content (AvgIpc) is 3.68. The number of ether oxygens (including phenoxy) is 2. The molecule has 2 aromatic heterocycles. The Morgan fingerprint density at radius 1 is 1.24 bits per heavy atom. The van der Waals surface area contributed by atoms with Gasteiger partial charge in [-0.05, 0) is 49.6 Å². The fraction of sp³-hybridized carbons (Fsp3) is 0.355. The lowest BCUT2D eigenvalue weighted by molar-refractivity contribution is -0.108. The number of alkyl carbamates (subject to hydrolysis) is 1. The highest BCUT2D eigenvalue weighted by atomic mass is 35.5. The van der Waals surface area contributed by atoms with Crippen LogP contribution < -0.4 is 11.1 Å². The monoisotopic (exact) mass is 633 g/mol. The Morgan fingerprint density at radius 3 is 2.60 bits per heavy atom. The highest BCUT2D eigenvalue weighted by Crippen LogP contribution is 2.31. The third kappa shape index (κ3) is 7.67. The molecule has 13 nitrogen and oxygen atoms in total. The number of hydrogen-bond donors (Lipinski definition) is 3. The van der Waals surface area contributed by atoms with Gasteiger partial charge in [0.25, 0.3) is 0 Å². The summed E-state index contributed by atoms with van der Waals surface area (Å²) < 4.78 is 12.8. The maximum absolute atomic E-state index is 12.6. The summed E-state index contributed by atoms with van der Waals surface area (Å²) in [6.45, 7) is 6.81. The molecule has 0 spiro atoms. The number of aromatic amines is 1. The van der Waals surface area contributed by atoms with Crippen molar-refractivity contribution in [2.75, 3.05) is 26.9 Å². The van der Waals surface area contributed by atoms with Crippen LogP contribution in [-0.4, -0.2) is 80.6 Å². The van der Waals surface area contributed by atoms with E-state index in [4.69, 9.17) is 26.8 Å². The van der Waals surface area contributed by atoms with Crippen LogP contribution in [0.2, 0.25) is 5.02 Å². The maximum atomic E-state index is 12.6. The number of nitrogens with one attached hydrogen (secondary N) is 2. The number of H-pyrrole nitrogens is 1. The highest BCUT2D eigenvalue weighted by Gasteiger charge is 2.25. The molecule has 0 bridgehead atoms. The van der Waals surface area contributed by atoms with E-state index in [9.17, 15) is 9.59 Å². The Labute approximate surface area is 265 Å². The van der Waals surface area contributed by atoms with E-state index < -0.39 is 23.7 Å². The van der Waals surface area contributed by atoms with Crippen LogP contribution in [0, 0.1) is 0 Å². The number of hydrogen-bond acceptors (Lipinski definition) is 8. The van der Waals surface area contributed by atoms with Gasteiger partial charge in [-0.1, -0.05) is 41.9 Å². The Balaban J connectivity index is 1.38. The molecule has 1 saturated heterocycles. The number of rotatable bonds is 10. The van der Waals surface area contributed by atoms with Gasteiger partial charge in [0.05, 0.1) is 36.5 Å². The normalized spacial score (nSPS) is 15.2. The zero-order chi connectivity index (χ0) is 32.1. The van der Waals surface area contributed by atoms with E-state index in [0.29, 0.717) is 35.2 Å². The summed E-state index contributed by atoms with van der Waals surface area (Å²) in [5.74, 6) is 0.548. The van der Waals surface area contributed by atoms with Crippen LogP contribution in [0.1, 0.15) is 50.0 Å². The van der Waals surface area contributed by atoms with Crippen molar-refractivity contribution in [2.45, 2.75) is 44.4 Å². The van der Waals surface area contributed by atoms with Crippen LogP contribution in [0.3, 0.4) is 0 Å². The fourth-order valence-electron chi connectivity index (χ4n) is 4.71. The quantitative estimate of drug-likeness (QED) is 0.131. The fourth-order valence-corrected chi connectivity index (χ4v) is 4.91. The standard InChI is InChI=1S/C31H36ClN9O4/c1-31(2,3)38-30(43)45-17-27(21-9-10-25(32)24(11-21)28-34-18-35-39-28)40(4)29(33)37-26(14-42)20-7-5-19(6-8-20)22-12-36-41(13-22)23-15-44-16-23/h5-14,18,23,26-27H,15-17H2,1-4H3,(H2,33,37)(H,38,43)(H,34,35,39). The van der Waals surface area contributed by atoms with E-state index in [1.54, 1.807) is 24.1 Å². The number of nitrogens with two attached hydrogens (primary N) is 1. The zero-order valence-corrected chi connectivity index (χ0v) is 26.2. The van der Waals surface area contributed by atoms with E-state index in [1.165, 1.54) is 6.33 Å². The van der Waals surface area contributed by atoms with E-state index in [0.717, 1.165) is 23.0 Å². The molecule has 45 heavy (non-hydrogen) atoms. The van der Waals surface area contributed by atoms with Gasteiger partial charge in [-0.3, -0.25) is 9.78 Å².